The second-order valence-electron chi connectivity index (χ2n) is 5.87. The molecule has 100 valence electrons. The van der Waals surface area contributed by atoms with Gasteiger partial charge < -0.3 is 0 Å². The zero-order valence-electron chi connectivity index (χ0n) is 11.1. The molecule has 1 N–H and O–H groups in total. The molecule has 2 atom stereocenters. The smallest absolute Gasteiger partial charge is 0.123 e. The highest BCUT2D eigenvalue weighted by molar-refractivity contribution is 7.84. The van der Waals surface area contributed by atoms with Crippen LogP contribution in [-0.4, -0.2) is 8.96 Å². The van der Waals surface area contributed by atoms with Gasteiger partial charge in [0.2, 0.25) is 0 Å². The van der Waals surface area contributed by atoms with E-state index in [0.717, 1.165) is 18.4 Å². The number of halogens is 1. The molecule has 0 amide bonds. The summed E-state index contributed by atoms with van der Waals surface area (Å²) in [5.74, 6) is 0.250. The summed E-state index contributed by atoms with van der Waals surface area (Å²) < 4.78 is 28.3. The summed E-state index contributed by atoms with van der Waals surface area (Å²) in [5, 5.41) is 0. The third-order valence-electron chi connectivity index (χ3n) is 3.09. The summed E-state index contributed by atoms with van der Waals surface area (Å²) >= 11 is 0. The Morgan fingerprint density at radius 2 is 2.06 bits per heavy atom. The molecule has 0 spiro atoms. The van der Waals surface area contributed by atoms with Gasteiger partial charge in [-0.1, -0.05) is 12.1 Å². The van der Waals surface area contributed by atoms with Gasteiger partial charge in [-0.15, -0.1) is 0 Å². The van der Waals surface area contributed by atoms with E-state index in [9.17, 15) is 8.60 Å². The lowest BCUT2D eigenvalue weighted by molar-refractivity contribution is 0.550. The summed E-state index contributed by atoms with van der Waals surface area (Å²) in [6, 6.07) is 6.59. The normalized spacial score (nSPS) is 19.6. The standard InChI is InChI=1S/C14H20FNOS/c1-14(2,3)18(17)16-13(10-7-8-10)11-5-4-6-12(15)9-11/h4-6,9-10,13,16H,7-8H2,1-3H3/t13-,18?/m0/s1. The molecule has 0 aromatic heterocycles. The molecule has 1 aliphatic carbocycles. The van der Waals surface area contributed by atoms with Gasteiger partial charge in [-0.3, -0.25) is 0 Å². The minimum Gasteiger partial charge on any atom is -0.242 e. The third-order valence-corrected chi connectivity index (χ3v) is 4.67. The van der Waals surface area contributed by atoms with Gasteiger partial charge >= 0.3 is 0 Å². The van der Waals surface area contributed by atoms with Gasteiger partial charge in [-0.25, -0.2) is 13.3 Å². The lowest BCUT2D eigenvalue weighted by atomic mass is 10.0. The van der Waals surface area contributed by atoms with Crippen LogP contribution >= 0.6 is 0 Å². The van der Waals surface area contributed by atoms with E-state index < -0.39 is 11.0 Å². The first-order valence-electron chi connectivity index (χ1n) is 6.31. The van der Waals surface area contributed by atoms with Crippen molar-refractivity contribution in [2.45, 2.75) is 44.4 Å². The van der Waals surface area contributed by atoms with E-state index >= 15 is 0 Å². The number of benzene rings is 1. The highest BCUT2D eigenvalue weighted by Gasteiger charge is 2.35. The lowest BCUT2D eigenvalue weighted by Gasteiger charge is -2.24. The largest absolute Gasteiger partial charge is 0.242 e. The average molecular weight is 269 g/mol. The van der Waals surface area contributed by atoms with Crippen LogP contribution in [0.4, 0.5) is 4.39 Å². The Morgan fingerprint density at radius 3 is 2.56 bits per heavy atom. The highest BCUT2D eigenvalue weighted by atomic mass is 32.2. The zero-order valence-corrected chi connectivity index (χ0v) is 11.9. The number of hydrogen-bond donors (Lipinski definition) is 1. The molecule has 0 radical (unpaired) electrons. The molecule has 2 nitrogen and oxygen atoms in total. The molecular formula is C14H20FNOS. The summed E-state index contributed by atoms with van der Waals surface area (Å²) in [5.41, 5.74) is 0.898. The van der Waals surface area contributed by atoms with Crippen LogP contribution in [0.2, 0.25) is 0 Å². The van der Waals surface area contributed by atoms with E-state index in [-0.39, 0.29) is 16.6 Å². The fraction of sp³-hybridized carbons (Fsp3) is 0.571. The molecule has 0 heterocycles. The molecule has 1 aromatic carbocycles. The van der Waals surface area contributed by atoms with Crippen LogP contribution in [0, 0.1) is 11.7 Å². The Morgan fingerprint density at radius 1 is 1.39 bits per heavy atom. The molecular weight excluding hydrogens is 249 g/mol. The van der Waals surface area contributed by atoms with Gasteiger partial charge in [0.25, 0.3) is 0 Å². The molecule has 1 aromatic rings. The summed E-state index contributed by atoms with van der Waals surface area (Å²) in [6.07, 6.45) is 2.24. The molecule has 0 bridgehead atoms. The van der Waals surface area contributed by atoms with Crippen molar-refractivity contribution in [3.63, 3.8) is 0 Å². The molecule has 0 saturated heterocycles. The summed E-state index contributed by atoms with van der Waals surface area (Å²) in [7, 11) is -1.13. The van der Waals surface area contributed by atoms with Crippen LogP contribution in [0.15, 0.2) is 24.3 Å². The van der Waals surface area contributed by atoms with E-state index in [4.69, 9.17) is 0 Å². The second-order valence-corrected chi connectivity index (χ2v) is 7.87. The maximum absolute atomic E-state index is 13.3. The maximum Gasteiger partial charge on any atom is 0.123 e. The van der Waals surface area contributed by atoms with Crippen LogP contribution in [0.3, 0.4) is 0 Å². The first kappa shape index (κ1) is 13.7. The van der Waals surface area contributed by atoms with E-state index in [1.54, 1.807) is 6.07 Å². The van der Waals surface area contributed by atoms with Crippen molar-refractivity contribution < 1.29 is 8.60 Å². The molecule has 4 heteroatoms. The predicted octanol–water partition coefficient (Wildman–Crippen LogP) is 3.33. The highest BCUT2D eigenvalue weighted by Crippen LogP contribution is 2.41. The van der Waals surface area contributed by atoms with E-state index in [0.29, 0.717) is 5.92 Å². The van der Waals surface area contributed by atoms with Crippen molar-refractivity contribution in [3.8, 4) is 0 Å². The lowest BCUT2D eigenvalue weighted by Crippen LogP contribution is -2.36. The number of nitrogens with one attached hydrogen (secondary N) is 1. The first-order valence-corrected chi connectivity index (χ1v) is 7.46. The monoisotopic (exact) mass is 269 g/mol. The minimum absolute atomic E-state index is 0.000702. The van der Waals surface area contributed by atoms with E-state index in [1.165, 1.54) is 12.1 Å². The van der Waals surface area contributed by atoms with Crippen LogP contribution in [0.1, 0.15) is 45.2 Å². The third kappa shape index (κ3) is 3.39. The SMILES string of the molecule is CC(C)(C)S(=O)N[C@H](c1cccc(F)c1)C1CC1. The molecule has 0 aliphatic heterocycles. The topological polar surface area (TPSA) is 29.1 Å². The van der Waals surface area contributed by atoms with Gasteiger partial charge in [0, 0.05) is 6.04 Å². The zero-order chi connectivity index (χ0) is 13.3. The van der Waals surface area contributed by atoms with Gasteiger partial charge in [0.1, 0.15) is 5.82 Å². The van der Waals surface area contributed by atoms with Crippen LogP contribution < -0.4 is 4.72 Å². The fourth-order valence-electron chi connectivity index (χ4n) is 1.86. The van der Waals surface area contributed by atoms with Crippen molar-refractivity contribution >= 4 is 11.0 Å². The van der Waals surface area contributed by atoms with Crippen molar-refractivity contribution in [1.82, 2.24) is 4.72 Å². The van der Waals surface area contributed by atoms with Gasteiger partial charge in [0.15, 0.2) is 0 Å². The minimum atomic E-state index is -1.13. The van der Waals surface area contributed by atoms with Crippen molar-refractivity contribution in [3.05, 3.63) is 35.6 Å². The molecule has 1 saturated carbocycles. The Balaban J connectivity index is 2.17. The summed E-state index contributed by atoms with van der Waals surface area (Å²) in [6.45, 7) is 5.81. The molecule has 2 rings (SSSR count). The van der Waals surface area contributed by atoms with Crippen molar-refractivity contribution in [2.24, 2.45) is 5.92 Å². The van der Waals surface area contributed by atoms with Crippen LogP contribution in [0.25, 0.3) is 0 Å². The Labute approximate surface area is 111 Å². The predicted molar refractivity (Wildman–Crippen MR) is 72.9 cm³/mol. The quantitative estimate of drug-likeness (QED) is 0.892. The Hall–Kier alpha value is -0.740. The summed E-state index contributed by atoms with van der Waals surface area (Å²) in [4.78, 5) is 0. The molecule has 18 heavy (non-hydrogen) atoms. The molecule has 1 aliphatic rings. The number of rotatable bonds is 4. The van der Waals surface area contributed by atoms with Gasteiger partial charge in [-0.05, 0) is 57.2 Å². The second kappa shape index (κ2) is 5.10. The van der Waals surface area contributed by atoms with Gasteiger partial charge in [-0.2, -0.15) is 0 Å². The van der Waals surface area contributed by atoms with Crippen molar-refractivity contribution in [2.75, 3.05) is 0 Å². The van der Waals surface area contributed by atoms with Crippen LogP contribution in [0.5, 0.6) is 0 Å². The Bertz CT molecular complexity index is 451. The maximum atomic E-state index is 13.3. The van der Waals surface area contributed by atoms with Crippen LogP contribution in [-0.2, 0) is 11.0 Å². The van der Waals surface area contributed by atoms with E-state index in [2.05, 4.69) is 4.72 Å². The fourth-order valence-corrected chi connectivity index (χ4v) is 2.77. The Kier molecular flexibility index (Phi) is 3.87. The average Bonchev–Trinajstić information content (AvgIpc) is 3.08. The number of hydrogen-bond acceptors (Lipinski definition) is 1. The van der Waals surface area contributed by atoms with Gasteiger partial charge in [0.05, 0.1) is 15.7 Å². The molecule has 1 fully saturated rings. The first-order chi connectivity index (χ1) is 8.38. The van der Waals surface area contributed by atoms with Crippen molar-refractivity contribution in [1.29, 1.82) is 0 Å². The molecule has 1 unspecified atom stereocenters. The van der Waals surface area contributed by atoms with E-state index in [1.807, 2.05) is 26.8 Å².